The highest BCUT2D eigenvalue weighted by atomic mass is 32.1. The molecule has 130 valence electrons. The van der Waals surface area contributed by atoms with E-state index in [-0.39, 0.29) is 5.56 Å². The summed E-state index contributed by atoms with van der Waals surface area (Å²) < 4.78 is 11.4. The van der Waals surface area contributed by atoms with Crippen LogP contribution in [0.15, 0.2) is 53.3 Å². The van der Waals surface area contributed by atoms with Gasteiger partial charge in [-0.15, -0.1) is 0 Å². The van der Waals surface area contributed by atoms with E-state index in [1.54, 1.807) is 18.2 Å². The van der Waals surface area contributed by atoms with E-state index >= 15 is 0 Å². The first-order valence-electron chi connectivity index (χ1n) is 7.81. The molecule has 0 saturated carbocycles. The number of aromatic nitrogens is 2. The second kappa shape index (κ2) is 6.57. The summed E-state index contributed by atoms with van der Waals surface area (Å²) >= 11 is 1.36. The predicted molar refractivity (Wildman–Crippen MR) is 97.1 cm³/mol. The summed E-state index contributed by atoms with van der Waals surface area (Å²) in [5.41, 5.74) is 1.92. The minimum absolute atomic E-state index is 0.246. The van der Waals surface area contributed by atoms with Gasteiger partial charge in [0.15, 0.2) is 23.2 Å². The third-order valence-corrected chi connectivity index (χ3v) is 4.71. The highest BCUT2D eigenvalue weighted by Gasteiger charge is 2.22. The Morgan fingerprint density at radius 3 is 2.88 bits per heavy atom. The van der Waals surface area contributed by atoms with Crippen molar-refractivity contribution in [2.24, 2.45) is 0 Å². The monoisotopic (exact) mass is 367 g/mol. The zero-order valence-electron chi connectivity index (χ0n) is 13.6. The maximum atomic E-state index is 12.4. The molecule has 0 aliphatic heterocycles. The Morgan fingerprint density at radius 2 is 2.04 bits per heavy atom. The number of anilines is 1. The van der Waals surface area contributed by atoms with E-state index in [0.717, 1.165) is 10.2 Å². The van der Waals surface area contributed by atoms with Gasteiger partial charge in [0.05, 0.1) is 15.8 Å². The molecule has 0 saturated heterocycles. The van der Waals surface area contributed by atoms with Gasteiger partial charge in [0.2, 0.25) is 0 Å². The van der Waals surface area contributed by atoms with Crippen molar-refractivity contribution < 1.29 is 18.7 Å². The molecule has 1 atom stereocenters. The summed E-state index contributed by atoms with van der Waals surface area (Å²) in [6, 6.07) is 12.5. The number of oxazole rings is 1. The molecule has 0 bridgehead atoms. The van der Waals surface area contributed by atoms with Crippen molar-refractivity contribution in [1.82, 2.24) is 9.97 Å². The van der Waals surface area contributed by atoms with Crippen LogP contribution in [0.5, 0.6) is 0 Å². The Labute approximate surface area is 151 Å². The van der Waals surface area contributed by atoms with Crippen molar-refractivity contribution in [3.05, 3.63) is 54.4 Å². The first-order chi connectivity index (χ1) is 12.6. The standard InChI is InChI=1S/C18H13N3O4S/c1-10(16(22)21-18-20-12-6-2-3-8-14(12)26-18)25-17(23)11-5-4-7-13-15(11)19-9-24-13/h2-10H,1H3,(H,20,21,22). The van der Waals surface area contributed by atoms with Crippen LogP contribution in [-0.4, -0.2) is 27.9 Å². The average molecular weight is 367 g/mol. The van der Waals surface area contributed by atoms with Crippen molar-refractivity contribution in [3.8, 4) is 0 Å². The van der Waals surface area contributed by atoms with Crippen LogP contribution in [0.25, 0.3) is 21.3 Å². The number of nitrogens with one attached hydrogen (secondary N) is 1. The van der Waals surface area contributed by atoms with E-state index in [2.05, 4.69) is 15.3 Å². The van der Waals surface area contributed by atoms with Gasteiger partial charge in [0.25, 0.3) is 5.91 Å². The van der Waals surface area contributed by atoms with Crippen molar-refractivity contribution in [2.45, 2.75) is 13.0 Å². The minimum atomic E-state index is -0.989. The molecule has 8 heteroatoms. The van der Waals surface area contributed by atoms with E-state index in [1.165, 1.54) is 24.7 Å². The number of ether oxygens (including phenoxy) is 1. The van der Waals surface area contributed by atoms with Crippen molar-refractivity contribution >= 4 is 49.7 Å². The molecule has 1 unspecified atom stereocenters. The highest BCUT2D eigenvalue weighted by Crippen LogP contribution is 2.25. The maximum Gasteiger partial charge on any atom is 0.341 e. The number of amides is 1. The van der Waals surface area contributed by atoms with Crippen molar-refractivity contribution in [2.75, 3.05) is 5.32 Å². The molecule has 0 radical (unpaired) electrons. The first-order valence-corrected chi connectivity index (χ1v) is 8.63. The molecule has 7 nitrogen and oxygen atoms in total. The van der Waals surface area contributed by atoms with Crippen molar-refractivity contribution in [1.29, 1.82) is 0 Å². The summed E-state index contributed by atoms with van der Waals surface area (Å²) in [4.78, 5) is 33.0. The number of para-hydroxylation sites is 2. The van der Waals surface area contributed by atoms with Gasteiger partial charge >= 0.3 is 5.97 Å². The number of nitrogens with zero attached hydrogens (tertiary/aromatic N) is 2. The molecular weight excluding hydrogens is 354 g/mol. The fourth-order valence-corrected chi connectivity index (χ4v) is 3.33. The highest BCUT2D eigenvalue weighted by molar-refractivity contribution is 7.22. The lowest BCUT2D eigenvalue weighted by Crippen LogP contribution is -2.30. The molecule has 26 heavy (non-hydrogen) atoms. The van der Waals surface area contributed by atoms with E-state index < -0.39 is 18.0 Å². The molecular formula is C18H13N3O4S. The number of carbonyl (C=O) groups is 2. The van der Waals surface area contributed by atoms with Gasteiger partial charge in [-0.3, -0.25) is 10.1 Å². The number of benzene rings is 2. The SMILES string of the molecule is CC(OC(=O)c1cccc2ocnc12)C(=O)Nc1nc2ccccc2s1. The lowest BCUT2D eigenvalue weighted by molar-refractivity contribution is -0.123. The molecule has 0 aliphatic rings. The number of hydrogen-bond donors (Lipinski definition) is 1. The van der Waals surface area contributed by atoms with Gasteiger partial charge < -0.3 is 9.15 Å². The van der Waals surface area contributed by atoms with Crippen LogP contribution >= 0.6 is 11.3 Å². The van der Waals surface area contributed by atoms with Crippen LogP contribution in [0.4, 0.5) is 5.13 Å². The second-order valence-electron chi connectivity index (χ2n) is 5.53. The van der Waals surface area contributed by atoms with E-state index in [1.807, 2.05) is 24.3 Å². The normalized spacial score (nSPS) is 12.2. The number of fused-ring (bicyclic) bond motifs is 2. The molecule has 2 heterocycles. The quantitative estimate of drug-likeness (QED) is 0.554. The molecule has 0 fully saturated rings. The summed E-state index contributed by atoms with van der Waals surface area (Å²) in [6.45, 7) is 1.50. The molecule has 4 rings (SSSR count). The Bertz CT molecular complexity index is 1080. The Hall–Kier alpha value is -3.26. The molecule has 4 aromatic rings. The van der Waals surface area contributed by atoms with Gasteiger partial charge in [-0.1, -0.05) is 29.5 Å². The molecule has 2 aromatic carbocycles. The lowest BCUT2D eigenvalue weighted by atomic mass is 10.2. The molecule has 0 aliphatic carbocycles. The topological polar surface area (TPSA) is 94.3 Å². The number of carbonyl (C=O) groups excluding carboxylic acids is 2. The van der Waals surface area contributed by atoms with Crippen LogP contribution in [0.1, 0.15) is 17.3 Å². The number of rotatable bonds is 4. The molecule has 1 amide bonds. The van der Waals surface area contributed by atoms with Gasteiger partial charge in [-0.05, 0) is 31.2 Å². The largest absolute Gasteiger partial charge is 0.449 e. The smallest absolute Gasteiger partial charge is 0.341 e. The van der Waals surface area contributed by atoms with Gasteiger partial charge in [0.1, 0.15) is 5.52 Å². The molecule has 1 N–H and O–H groups in total. The maximum absolute atomic E-state index is 12.4. The zero-order chi connectivity index (χ0) is 18.1. The third-order valence-electron chi connectivity index (χ3n) is 3.76. The van der Waals surface area contributed by atoms with E-state index in [9.17, 15) is 9.59 Å². The Balaban J connectivity index is 1.46. The van der Waals surface area contributed by atoms with E-state index in [0.29, 0.717) is 16.2 Å². The lowest BCUT2D eigenvalue weighted by Gasteiger charge is -2.12. The van der Waals surface area contributed by atoms with Crippen molar-refractivity contribution in [3.63, 3.8) is 0 Å². The fraction of sp³-hybridized carbons (Fsp3) is 0.111. The number of thiazole rings is 1. The number of esters is 1. The predicted octanol–water partition coefficient (Wildman–Crippen LogP) is 3.62. The Kier molecular flexibility index (Phi) is 4.10. The average Bonchev–Trinajstić information content (AvgIpc) is 3.27. The third kappa shape index (κ3) is 3.02. The summed E-state index contributed by atoms with van der Waals surface area (Å²) in [7, 11) is 0. The van der Waals surface area contributed by atoms with Crippen LogP contribution in [0.2, 0.25) is 0 Å². The first kappa shape index (κ1) is 16.2. The van der Waals surface area contributed by atoms with Gasteiger partial charge in [0, 0.05) is 0 Å². The van der Waals surface area contributed by atoms with Crippen LogP contribution in [0, 0.1) is 0 Å². The molecule has 0 spiro atoms. The summed E-state index contributed by atoms with van der Waals surface area (Å²) in [6.07, 6.45) is 0.265. The fourth-order valence-electron chi connectivity index (χ4n) is 2.46. The van der Waals surface area contributed by atoms with Gasteiger partial charge in [-0.2, -0.15) is 0 Å². The van der Waals surface area contributed by atoms with Crippen LogP contribution in [0.3, 0.4) is 0 Å². The van der Waals surface area contributed by atoms with E-state index in [4.69, 9.17) is 9.15 Å². The summed E-state index contributed by atoms with van der Waals surface area (Å²) in [5, 5.41) is 3.13. The number of hydrogen-bond acceptors (Lipinski definition) is 7. The Morgan fingerprint density at radius 1 is 1.19 bits per heavy atom. The van der Waals surface area contributed by atoms with Crippen LogP contribution in [-0.2, 0) is 9.53 Å². The second-order valence-corrected chi connectivity index (χ2v) is 6.56. The van der Waals surface area contributed by atoms with Gasteiger partial charge in [-0.25, -0.2) is 14.8 Å². The molecule has 2 aromatic heterocycles. The summed E-state index contributed by atoms with van der Waals surface area (Å²) in [5.74, 6) is -1.10. The van der Waals surface area contributed by atoms with Crippen LogP contribution < -0.4 is 5.32 Å². The zero-order valence-corrected chi connectivity index (χ0v) is 14.4. The minimum Gasteiger partial charge on any atom is -0.449 e.